The lowest BCUT2D eigenvalue weighted by Crippen LogP contribution is -2.23. The second kappa shape index (κ2) is 5.92. The Hall–Kier alpha value is -2.47. The van der Waals surface area contributed by atoms with Gasteiger partial charge < -0.3 is 10.8 Å². The van der Waals surface area contributed by atoms with Gasteiger partial charge in [-0.2, -0.15) is 5.10 Å². The SMILES string of the molecule is NC(=S)N/N=C/c1cc(-c2ccncc2)ccc1O. The summed E-state index contributed by atoms with van der Waals surface area (Å²) in [7, 11) is 0. The summed E-state index contributed by atoms with van der Waals surface area (Å²) in [4.78, 5) is 3.97. The van der Waals surface area contributed by atoms with E-state index in [1.54, 1.807) is 18.5 Å². The van der Waals surface area contributed by atoms with Crippen LogP contribution in [0.3, 0.4) is 0 Å². The lowest BCUT2D eigenvalue weighted by atomic mass is 10.0. The number of pyridine rings is 1. The first-order chi connectivity index (χ1) is 9.16. The molecule has 19 heavy (non-hydrogen) atoms. The third kappa shape index (κ3) is 3.49. The smallest absolute Gasteiger partial charge is 0.184 e. The summed E-state index contributed by atoms with van der Waals surface area (Å²) < 4.78 is 0. The van der Waals surface area contributed by atoms with Crippen molar-refractivity contribution < 1.29 is 5.11 Å². The minimum Gasteiger partial charge on any atom is -0.507 e. The van der Waals surface area contributed by atoms with Crippen LogP contribution in [-0.4, -0.2) is 21.4 Å². The summed E-state index contributed by atoms with van der Waals surface area (Å²) in [5.41, 5.74) is 10.2. The summed E-state index contributed by atoms with van der Waals surface area (Å²) in [5.74, 6) is 0.131. The second-order valence-electron chi connectivity index (χ2n) is 3.74. The first-order valence-electron chi connectivity index (χ1n) is 5.49. The molecule has 1 heterocycles. The Labute approximate surface area is 115 Å². The molecule has 2 rings (SSSR count). The van der Waals surface area contributed by atoms with Crippen LogP contribution < -0.4 is 11.2 Å². The lowest BCUT2D eigenvalue weighted by molar-refractivity contribution is 0.474. The first-order valence-corrected chi connectivity index (χ1v) is 5.89. The number of nitrogens with zero attached hydrogens (tertiary/aromatic N) is 2. The molecule has 0 bridgehead atoms. The van der Waals surface area contributed by atoms with Crippen LogP contribution >= 0.6 is 12.2 Å². The van der Waals surface area contributed by atoms with E-state index in [1.807, 2.05) is 24.3 Å². The van der Waals surface area contributed by atoms with Gasteiger partial charge in [0.15, 0.2) is 5.11 Å². The molecule has 1 aromatic heterocycles. The summed E-state index contributed by atoms with van der Waals surface area (Å²) in [5, 5.41) is 13.6. The van der Waals surface area contributed by atoms with Gasteiger partial charge in [-0.15, -0.1) is 0 Å². The highest BCUT2D eigenvalue weighted by atomic mass is 32.1. The second-order valence-corrected chi connectivity index (χ2v) is 4.18. The van der Waals surface area contributed by atoms with Crippen LogP contribution in [0.5, 0.6) is 5.75 Å². The molecule has 0 fully saturated rings. The Morgan fingerprint density at radius 1 is 1.26 bits per heavy atom. The molecule has 0 atom stereocenters. The number of rotatable bonds is 3. The maximum absolute atomic E-state index is 9.75. The molecule has 1 aromatic carbocycles. The number of phenolic OH excluding ortho intramolecular Hbond substituents is 1. The summed E-state index contributed by atoms with van der Waals surface area (Å²) >= 11 is 4.63. The van der Waals surface area contributed by atoms with Crippen molar-refractivity contribution in [3.8, 4) is 16.9 Å². The van der Waals surface area contributed by atoms with Crippen LogP contribution in [-0.2, 0) is 0 Å². The molecule has 0 radical (unpaired) electrons. The molecule has 6 heteroatoms. The summed E-state index contributed by atoms with van der Waals surface area (Å²) in [6.07, 6.45) is 4.88. The fourth-order valence-electron chi connectivity index (χ4n) is 1.55. The fourth-order valence-corrected chi connectivity index (χ4v) is 1.60. The van der Waals surface area contributed by atoms with E-state index in [4.69, 9.17) is 5.73 Å². The van der Waals surface area contributed by atoms with Gasteiger partial charge in [0, 0.05) is 18.0 Å². The normalized spacial score (nSPS) is 10.5. The Morgan fingerprint density at radius 2 is 2.00 bits per heavy atom. The predicted octanol–water partition coefficient (Wildman–Crippen LogP) is 1.62. The Bertz CT molecular complexity index is 613. The van der Waals surface area contributed by atoms with Gasteiger partial charge in [0.1, 0.15) is 5.75 Å². The number of aromatic hydroxyl groups is 1. The van der Waals surface area contributed by atoms with Gasteiger partial charge in [-0.3, -0.25) is 10.4 Å². The number of hydrogen-bond donors (Lipinski definition) is 3. The van der Waals surface area contributed by atoms with E-state index in [0.29, 0.717) is 5.56 Å². The molecule has 96 valence electrons. The van der Waals surface area contributed by atoms with Crippen LogP contribution in [0.15, 0.2) is 47.8 Å². The predicted molar refractivity (Wildman–Crippen MR) is 78.9 cm³/mol. The van der Waals surface area contributed by atoms with Gasteiger partial charge in [0.25, 0.3) is 0 Å². The Morgan fingerprint density at radius 3 is 2.68 bits per heavy atom. The van der Waals surface area contributed by atoms with Crippen molar-refractivity contribution in [3.05, 3.63) is 48.3 Å². The van der Waals surface area contributed by atoms with Gasteiger partial charge in [0.05, 0.1) is 6.21 Å². The number of thiocarbonyl (C=S) groups is 1. The molecule has 0 spiro atoms. The van der Waals surface area contributed by atoms with Gasteiger partial charge in [-0.25, -0.2) is 0 Å². The van der Waals surface area contributed by atoms with Gasteiger partial charge in [0.2, 0.25) is 0 Å². The molecule has 2 aromatic rings. The zero-order valence-corrected chi connectivity index (χ0v) is 10.8. The van der Waals surface area contributed by atoms with E-state index >= 15 is 0 Å². The van der Waals surface area contributed by atoms with Crippen LogP contribution in [0.4, 0.5) is 0 Å². The number of nitrogens with two attached hydrogens (primary N) is 1. The number of hydrogen-bond acceptors (Lipinski definition) is 4. The van der Waals surface area contributed by atoms with Gasteiger partial charge >= 0.3 is 0 Å². The molecular weight excluding hydrogens is 260 g/mol. The third-order valence-electron chi connectivity index (χ3n) is 2.42. The molecule has 0 amide bonds. The van der Waals surface area contributed by atoms with Crippen molar-refractivity contribution in [2.45, 2.75) is 0 Å². The van der Waals surface area contributed by atoms with Crippen LogP contribution in [0, 0.1) is 0 Å². The number of benzene rings is 1. The largest absolute Gasteiger partial charge is 0.507 e. The molecule has 0 aliphatic rings. The van der Waals surface area contributed by atoms with E-state index in [1.165, 1.54) is 6.21 Å². The molecule has 0 saturated carbocycles. The van der Waals surface area contributed by atoms with E-state index in [9.17, 15) is 5.11 Å². The van der Waals surface area contributed by atoms with Crippen molar-refractivity contribution in [2.75, 3.05) is 0 Å². The van der Waals surface area contributed by atoms with Crippen molar-refractivity contribution in [3.63, 3.8) is 0 Å². The van der Waals surface area contributed by atoms with Crippen molar-refractivity contribution >= 4 is 23.5 Å². The van der Waals surface area contributed by atoms with E-state index in [2.05, 4.69) is 27.7 Å². The fraction of sp³-hybridized carbons (Fsp3) is 0. The maximum atomic E-state index is 9.75. The average Bonchev–Trinajstić information content (AvgIpc) is 2.41. The van der Waals surface area contributed by atoms with E-state index in [-0.39, 0.29) is 10.9 Å². The van der Waals surface area contributed by atoms with Crippen molar-refractivity contribution in [2.24, 2.45) is 10.8 Å². The lowest BCUT2D eigenvalue weighted by Gasteiger charge is -2.04. The van der Waals surface area contributed by atoms with E-state index < -0.39 is 0 Å². The highest BCUT2D eigenvalue weighted by Crippen LogP contribution is 2.24. The Kier molecular flexibility index (Phi) is 4.04. The highest BCUT2D eigenvalue weighted by Gasteiger charge is 2.02. The third-order valence-corrected chi connectivity index (χ3v) is 2.51. The maximum Gasteiger partial charge on any atom is 0.184 e. The molecule has 0 unspecified atom stereocenters. The number of hydrazone groups is 1. The van der Waals surface area contributed by atoms with Gasteiger partial charge in [-0.1, -0.05) is 6.07 Å². The zero-order chi connectivity index (χ0) is 13.7. The standard InChI is InChI=1S/C13H12N4OS/c14-13(19)17-16-8-11-7-10(1-2-12(11)18)9-3-5-15-6-4-9/h1-8,18H,(H3,14,17,19)/b16-8+. The molecule has 0 aliphatic carbocycles. The van der Waals surface area contributed by atoms with Crippen LogP contribution in [0.25, 0.3) is 11.1 Å². The van der Waals surface area contributed by atoms with Gasteiger partial charge in [-0.05, 0) is 47.6 Å². The molecule has 0 saturated heterocycles. The minimum atomic E-state index is 0.0704. The monoisotopic (exact) mass is 272 g/mol. The zero-order valence-electron chi connectivity index (χ0n) is 9.95. The van der Waals surface area contributed by atoms with Crippen molar-refractivity contribution in [1.29, 1.82) is 0 Å². The molecule has 0 aliphatic heterocycles. The summed E-state index contributed by atoms with van der Waals surface area (Å²) in [6, 6.07) is 9.03. The minimum absolute atomic E-state index is 0.0704. The number of aromatic nitrogens is 1. The number of nitrogens with one attached hydrogen (secondary N) is 1. The van der Waals surface area contributed by atoms with Crippen LogP contribution in [0.2, 0.25) is 0 Å². The summed E-state index contributed by atoms with van der Waals surface area (Å²) in [6.45, 7) is 0. The number of phenols is 1. The molecule has 5 nitrogen and oxygen atoms in total. The first kappa shape index (κ1) is 13.0. The van der Waals surface area contributed by atoms with Crippen LogP contribution in [0.1, 0.15) is 5.56 Å². The molecule has 4 N–H and O–H groups in total. The quantitative estimate of drug-likeness (QED) is 0.449. The average molecular weight is 272 g/mol. The molecular formula is C13H12N4OS. The highest BCUT2D eigenvalue weighted by molar-refractivity contribution is 7.80. The van der Waals surface area contributed by atoms with Crippen molar-refractivity contribution in [1.82, 2.24) is 10.4 Å². The van der Waals surface area contributed by atoms with E-state index in [0.717, 1.165) is 11.1 Å². The Balaban J connectivity index is 2.30. The topological polar surface area (TPSA) is 83.5 Å².